The van der Waals surface area contributed by atoms with E-state index < -0.39 is 4.92 Å². The molecule has 1 N–H and O–H groups in total. The number of rotatable bonds is 5. The van der Waals surface area contributed by atoms with Gasteiger partial charge in [0.25, 0.3) is 5.69 Å². The Hall–Kier alpha value is -2.73. The largest absolute Gasteiger partial charge is 0.288 e. The van der Waals surface area contributed by atoms with Crippen LogP contribution in [0, 0.1) is 16.0 Å². The lowest BCUT2D eigenvalue weighted by Crippen LogP contribution is -2.20. The van der Waals surface area contributed by atoms with Crippen molar-refractivity contribution in [2.75, 3.05) is 0 Å². The van der Waals surface area contributed by atoms with Crippen molar-refractivity contribution in [1.29, 1.82) is 0 Å². The molecule has 7 heteroatoms. The molecule has 3 rings (SSSR count). The molecule has 1 aliphatic carbocycles. The van der Waals surface area contributed by atoms with Gasteiger partial charge >= 0.3 is 0 Å². The first-order valence-corrected chi connectivity index (χ1v) is 9.42. The predicted molar refractivity (Wildman–Crippen MR) is 110 cm³/mol. The lowest BCUT2D eigenvalue weighted by atomic mass is 9.86. The van der Waals surface area contributed by atoms with Crippen LogP contribution in [0.15, 0.2) is 47.6 Å². The van der Waals surface area contributed by atoms with Gasteiger partial charge < -0.3 is 0 Å². The number of carbonyl (C=O) groups is 1. The Morgan fingerprint density at radius 2 is 1.93 bits per heavy atom. The molecule has 1 amide bonds. The molecule has 1 saturated carbocycles. The van der Waals surface area contributed by atoms with Crippen molar-refractivity contribution < 1.29 is 9.72 Å². The minimum atomic E-state index is -0.558. The highest BCUT2D eigenvalue weighted by atomic mass is 35.5. The van der Waals surface area contributed by atoms with Gasteiger partial charge in [-0.3, -0.25) is 14.9 Å². The summed E-state index contributed by atoms with van der Waals surface area (Å²) in [6.45, 7) is 6.51. The van der Waals surface area contributed by atoms with Crippen molar-refractivity contribution in [3.8, 4) is 0 Å². The summed E-state index contributed by atoms with van der Waals surface area (Å²) in [4.78, 5) is 22.6. The predicted octanol–water partition coefficient (Wildman–Crippen LogP) is 4.80. The van der Waals surface area contributed by atoms with Crippen LogP contribution in [0.3, 0.4) is 0 Å². The molecule has 0 spiro atoms. The highest BCUT2D eigenvalue weighted by Crippen LogP contribution is 2.47. The quantitative estimate of drug-likeness (QED) is 0.445. The molecule has 6 nitrogen and oxygen atoms in total. The van der Waals surface area contributed by atoms with Crippen molar-refractivity contribution in [1.82, 2.24) is 5.43 Å². The highest BCUT2D eigenvalue weighted by Gasteiger charge is 2.44. The molecule has 146 valence electrons. The van der Waals surface area contributed by atoms with E-state index in [0.29, 0.717) is 5.56 Å². The number of hydrogen-bond donors (Lipinski definition) is 1. The number of hydrogen-bond acceptors (Lipinski definition) is 4. The van der Waals surface area contributed by atoms with Crippen LogP contribution in [0.5, 0.6) is 0 Å². The van der Waals surface area contributed by atoms with Gasteiger partial charge in [0.1, 0.15) is 5.02 Å². The van der Waals surface area contributed by atoms with E-state index in [1.807, 2.05) is 0 Å². The fourth-order valence-corrected chi connectivity index (χ4v) is 3.27. The smallest absolute Gasteiger partial charge is 0.273 e. The van der Waals surface area contributed by atoms with E-state index >= 15 is 0 Å². The summed E-state index contributed by atoms with van der Waals surface area (Å²) >= 11 is 5.78. The van der Waals surface area contributed by atoms with Gasteiger partial charge in [0.2, 0.25) is 5.91 Å². The molecule has 2 aromatic carbocycles. The number of carbonyl (C=O) groups excluding carboxylic acids is 1. The maximum absolute atomic E-state index is 12.3. The zero-order valence-corrected chi connectivity index (χ0v) is 16.7. The van der Waals surface area contributed by atoms with E-state index in [0.717, 1.165) is 12.0 Å². The van der Waals surface area contributed by atoms with E-state index in [1.54, 1.807) is 6.07 Å². The third kappa shape index (κ3) is 4.57. The number of nitrogens with one attached hydrogen (secondary N) is 1. The topological polar surface area (TPSA) is 84.6 Å². The van der Waals surface area contributed by atoms with E-state index in [9.17, 15) is 14.9 Å². The van der Waals surface area contributed by atoms with Crippen LogP contribution < -0.4 is 5.43 Å². The van der Waals surface area contributed by atoms with Gasteiger partial charge in [-0.15, -0.1) is 0 Å². The molecule has 0 radical (unpaired) electrons. The van der Waals surface area contributed by atoms with Crippen LogP contribution in [0.1, 0.15) is 49.8 Å². The van der Waals surface area contributed by atoms with Gasteiger partial charge in [0, 0.05) is 17.5 Å². The fraction of sp³-hybridized carbons (Fsp3) is 0.333. The molecule has 2 aromatic rings. The normalized spacial score (nSPS) is 18.9. The van der Waals surface area contributed by atoms with Crippen LogP contribution in [0.25, 0.3) is 0 Å². The minimum absolute atomic E-state index is 0.0597. The lowest BCUT2D eigenvalue weighted by Gasteiger charge is -2.19. The molecule has 0 unspecified atom stereocenters. The number of halogens is 1. The zero-order chi connectivity index (χ0) is 20.5. The SMILES string of the molecule is CC(C)(C)c1ccc([C@@H]2C[C@H]2C(=O)N/N=C/c2ccc(Cl)c([N+](=O)[O-])c2)cc1. The van der Waals surface area contributed by atoms with Crippen LogP contribution >= 0.6 is 11.6 Å². The molecule has 0 bridgehead atoms. The summed E-state index contributed by atoms with van der Waals surface area (Å²) in [6.07, 6.45) is 2.17. The summed E-state index contributed by atoms with van der Waals surface area (Å²) < 4.78 is 0. The Kier molecular flexibility index (Phi) is 5.52. The number of nitro groups is 1. The summed E-state index contributed by atoms with van der Waals surface area (Å²) in [5.74, 6) is -0.0392. The van der Waals surface area contributed by atoms with E-state index in [4.69, 9.17) is 11.6 Å². The summed E-state index contributed by atoms with van der Waals surface area (Å²) in [5, 5.41) is 14.9. The number of benzene rings is 2. The second kappa shape index (κ2) is 7.72. The van der Waals surface area contributed by atoms with Gasteiger partial charge in [-0.25, -0.2) is 5.43 Å². The first-order chi connectivity index (χ1) is 13.2. The molecule has 0 heterocycles. The van der Waals surface area contributed by atoms with Crippen molar-refractivity contribution >= 4 is 29.4 Å². The Bertz CT molecular complexity index is 933. The van der Waals surface area contributed by atoms with E-state index in [2.05, 4.69) is 55.6 Å². The third-order valence-electron chi connectivity index (χ3n) is 4.89. The number of hydrazone groups is 1. The van der Waals surface area contributed by atoms with E-state index in [-0.39, 0.29) is 33.9 Å². The Morgan fingerprint density at radius 1 is 1.25 bits per heavy atom. The van der Waals surface area contributed by atoms with Gasteiger partial charge in [-0.05, 0) is 34.9 Å². The minimum Gasteiger partial charge on any atom is -0.273 e. The second-order valence-corrected chi connectivity index (χ2v) is 8.43. The summed E-state index contributed by atoms with van der Waals surface area (Å²) in [6, 6.07) is 12.8. The molecule has 0 saturated heterocycles. The molecule has 1 aliphatic rings. The van der Waals surface area contributed by atoms with Crippen LogP contribution in [-0.4, -0.2) is 17.0 Å². The van der Waals surface area contributed by atoms with Crippen molar-refractivity contribution in [3.05, 3.63) is 74.3 Å². The fourth-order valence-electron chi connectivity index (χ4n) is 3.09. The van der Waals surface area contributed by atoms with Gasteiger partial charge in [-0.1, -0.05) is 62.7 Å². The van der Waals surface area contributed by atoms with Crippen LogP contribution in [0.2, 0.25) is 5.02 Å². The zero-order valence-electron chi connectivity index (χ0n) is 16.0. The Morgan fingerprint density at radius 3 is 2.54 bits per heavy atom. The second-order valence-electron chi connectivity index (χ2n) is 8.02. The first kappa shape index (κ1) is 20.0. The average Bonchev–Trinajstić information content (AvgIpc) is 3.43. The Balaban J connectivity index is 1.57. The van der Waals surface area contributed by atoms with Crippen molar-refractivity contribution in [2.24, 2.45) is 11.0 Å². The van der Waals surface area contributed by atoms with Crippen molar-refractivity contribution in [3.63, 3.8) is 0 Å². The average molecular weight is 400 g/mol. The van der Waals surface area contributed by atoms with Gasteiger partial charge in [0.15, 0.2) is 0 Å². The van der Waals surface area contributed by atoms with Crippen LogP contribution in [-0.2, 0) is 10.2 Å². The van der Waals surface area contributed by atoms with Gasteiger partial charge in [0.05, 0.1) is 11.1 Å². The maximum atomic E-state index is 12.3. The number of amides is 1. The van der Waals surface area contributed by atoms with E-state index in [1.165, 1.54) is 23.9 Å². The van der Waals surface area contributed by atoms with Crippen molar-refractivity contribution in [2.45, 2.75) is 38.5 Å². The summed E-state index contributed by atoms with van der Waals surface area (Å²) in [7, 11) is 0. The highest BCUT2D eigenvalue weighted by molar-refractivity contribution is 6.32. The molecular formula is C21H22ClN3O3. The molecule has 0 aromatic heterocycles. The first-order valence-electron chi connectivity index (χ1n) is 9.04. The molecule has 28 heavy (non-hydrogen) atoms. The standard InChI is InChI=1S/C21H22ClN3O3/c1-21(2,3)15-7-5-14(6-8-15)16-11-17(16)20(26)24-23-12-13-4-9-18(22)19(10-13)25(27)28/h4-10,12,16-17H,11H2,1-3H3,(H,24,26)/b23-12+/t16-,17+/m0/s1. The van der Waals surface area contributed by atoms with Crippen LogP contribution in [0.4, 0.5) is 5.69 Å². The monoisotopic (exact) mass is 399 g/mol. The molecule has 1 fully saturated rings. The lowest BCUT2D eigenvalue weighted by molar-refractivity contribution is -0.384. The Labute approximate surface area is 168 Å². The maximum Gasteiger partial charge on any atom is 0.288 e. The third-order valence-corrected chi connectivity index (χ3v) is 5.21. The molecule has 0 aliphatic heterocycles. The molecular weight excluding hydrogens is 378 g/mol. The summed E-state index contributed by atoms with van der Waals surface area (Å²) in [5.41, 5.74) is 5.33. The number of nitro benzene ring substituents is 1. The molecule has 2 atom stereocenters. The van der Waals surface area contributed by atoms with Gasteiger partial charge in [-0.2, -0.15) is 5.10 Å². The number of nitrogens with zero attached hydrogens (tertiary/aromatic N) is 2.